The van der Waals surface area contributed by atoms with Gasteiger partial charge in [0.15, 0.2) is 0 Å². The van der Waals surface area contributed by atoms with Gasteiger partial charge in [-0.25, -0.2) is 0 Å². The van der Waals surface area contributed by atoms with Gasteiger partial charge in [-0.05, 0) is 50.1 Å². The fraction of sp³-hybridized carbons (Fsp3) is 0.429. The van der Waals surface area contributed by atoms with Crippen LogP contribution in [0.1, 0.15) is 37.5 Å². The lowest BCUT2D eigenvalue weighted by molar-refractivity contribution is -0.0149. The molecule has 0 saturated carbocycles. The summed E-state index contributed by atoms with van der Waals surface area (Å²) in [5, 5.41) is 3.47. The predicted octanol–water partition coefficient (Wildman–Crippen LogP) is 4.31. The second-order valence-corrected chi connectivity index (χ2v) is 7.00. The van der Waals surface area contributed by atoms with Crippen LogP contribution in [0.5, 0.6) is 11.5 Å². The minimum Gasteiger partial charge on any atom is -0.497 e. The fourth-order valence-corrected chi connectivity index (χ4v) is 2.49. The number of nitrogens with one attached hydrogen (secondary N) is 1. The van der Waals surface area contributed by atoms with Crippen LogP contribution >= 0.6 is 0 Å². The highest BCUT2D eigenvalue weighted by atomic mass is 16.5. The molecular formula is C21H29NO3. The average molecular weight is 343 g/mol. The Labute approximate surface area is 151 Å². The van der Waals surface area contributed by atoms with Gasteiger partial charge in [0.25, 0.3) is 0 Å². The van der Waals surface area contributed by atoms with Gasteiger partial charge in [0.1, 0.15) is 11.5 Å². The maximum absolute atomic E-state index is 5.85. The molecule has 0 atom stereocenters. The Morgan fingerprint density at radius 2 is 1.64 bits per heavy atom. The molecule has 2 aromatic carbocycles. The van der Waals surface area contributed by atoms with Crippen molar-refractivity contribution in [2.75, 3.05) is 14.2 Å². The van der Waals surface area contributed by atoms with E-state index in [1.54, 1.807) is 14.2 Å². The summed E-state index contributed by atoms with van der Waals surface area (Å²) in [5.74, 6) is 1.69. The van der Waals surface area contributed by atoms with Crippen LogP contribution < -0.4 is 14.8 Å². The molecule has 0 aliphatic heterocycles. The number of rotatable bonds is 8. The molecule has 0 heterocycles. The highest BCUT2D eigenvalue weighted by molar-refractivity contribution is 5.40. The Kier molecular flexibility index (Phi) is 6.85. The standard InChI is InChI=1S/C21H29NO3/c1-21(2,3)25-15-17-8-6-7-16(11-17)13-22-14-18-12-19(23-4)9-10-20(18)24-5/h6-12,22H,13-15H2,1-5H3. The average Bonchev–Trinajstić information content (AvgIpc) is 2.59. The van der Waals surface area contributed by atoms with Crippen LogP contribution in [0.25, 0.3) is 0 Å². The third-order valence-corrected chi connectivity index (χ3v) is 3.80. The highest BCUT2D eigenvalue weighted by Gasteiger charge is 2.10. The molecular weight excluding hydrogens is 314 g/mol. The van der Waals surface area contributed by atoms with Crippen molar-refractivity contribution < 1.29 is 14.2 Å². The van der Waals surface area contributed by atoms with E-state index >= 15 is 0 Å². The van der Waals surface area contributed by atoms with Crippen LogP contribution in [0.15, 0.2) is 42.5 Å². The van der Waals surface area contributed by atoms with Crippen LogP contribution in [0, 0.1) is 0 Å². The van der Waals surface area contributed by atoms with Gasteiger partial charge < -0.3 is 19.5 Å². The van der Waals surface area contributed by atoms with Crippen molar-refractivity contribution in [1.82, 2.24) is 5.32 Å². The first-order valence-electron chi connectivity index (χ1n) is 8.54. The van der Waals surface area contributed by atoms with Gasteiger partial charge in [0.2, 0.25) is 0 Å². The lowest BCUT2D eigenvalue weighted by Gasteiger charge is -2.19. The van der Waals surface area contributed by atoms with Crippen molar-refractivity contribution in [3.05, 3.63) is 59.2 Å². The fourth-order valence-electron chi connectivity index (χ4n) is 2.49. The van der Waals surface area contributed by atoms with E-state index in [1.807, 2.05) is 18.2 Å². The molecule has 0 radical (unpaired) electrons. The number of benzene rings is 2. The van der Waals surface area contributed by atoms with Crippen molar-refractivity contribution in [2.45, 2.75) is 46.1 Å². The summed E-state index contributed by atoms with van der Waals surface area (Å²) >= 11 is 0. The molecule has 2 rings (SSSR count). The van der Waals surface area contributed by atoms with Crippen LogP contribution in [0.4, 0.5) is 0 Å². The highest BCUT2D eigenvalue weighted by Crippen LogP contribution is 2.23. The maximum Gasteiger partial charge on any atom is 0.123 e. The van der Waals surface area contributed by atoms with E-state index in [-0.39, 0.29) is 5.60 Å². The molecule has 0 unspecified atom stereocenters. The quantitative estimate of drug-likeness (QED) is 0.775. The zero-order valence-electron chi connectivity index (χ0n) is 15.9. The predicted molar refractivity (Wildman–Crippen MR) is 101 cm³/mol. The van der Waals surface area contributed by atoms with Gasteiger partial charge in [-0.1, -0.05) is 24.3 Å². The zero-order valence-corrected chi connectivity index (χ0v) is 15.9. The SMILES string of the molecule is COc1ccc(OC)c(CNCc2cccc(COC(C)(C)C)c2)c1. The van der Waals surface area contributed by atoms with Crippen LogP contribution in [-0.2, 0) is 24.4 Å². The summed E-state index contributed by atoms with van der Waals surface area (Å²) in [6.07, 6.45) is 0. The summed E-state index contributed by atoms with van der Waals surface area (Å²) in [4.78, 5) is 0. The van der Waals surface area contributed by atoms with Crippen LogP contribution in [-0.4, -0.2) is 19.8 Å². The second kappa shape index (κ2) is 8.88. The molecule has 0 aliphatic rings. The first-order chi connectivity index (χ1) is 11.9. The first-order valence-corrected chi connectivity index (χ1v) is 8.54. The van der Waals surface area contributed by atoms with Gasteiger partial charge in [0, 0.05) is 18.7 Å². The lowest BCUT2D eigenvalue weighted by atomic mass is 10.1. The Morgan fingerprint density at radius 1 is 0.880 bits per heavy atom. The molecule has 0 bridgehead atoms. The van der Waals surface area contributed by atoms with Gasteiger partial charge >= 0.3 is 0 Å². The topological polar surface area (TPSA) is 39.7 Å². The largest absolute Gasteiger partial charge is 0.497 e. The molecule has 1 N–H and O–H groups in total. The van der Waals surface area contributed by atoms with E-state index in [0.29, 0.717) is 13.2 Å². The number of hydrogen-bond acceptors (Lipinski definition) is 4. The van der Waals surface area contributed by atoms with Crippen molar-refractivity contribution in [3.63, 3.8) is 0 Å². The van der Waals surface area contributed by atoms with E-state index in [9.17, 15) is 0 Å². The minimum absolute atomic E-state index is 0.128. The van der Waals surface area contributed by atoms with Gasteiger partial charge in [-0.15, -0.1) is 0 Å². The Hall–Kier alpha value is -2.04. The van der Waals surface area contributed by atoms with E-state index in [1.165, 1.54) is 11.1 Å². The molecule has 136 valence electrons. The summed E-state index contributed by atoms with van der Waals surface area (Å²) in [6, 6.07) is 14.3. The smallest absolute Gasteiger partial charge is 0.123 e. The Balaban J connectivity index is 1.94. The monoisotopic (exact) mass is 343 g/mol. The van der Waals surface area contributed by atoms with Crippen molar-refractivity contribution in [1.29, 1.82) is 0 Å². The second-order valence-electron chi connectivity index (χ2n) is 7.00. The summed E-state index contributed by atoms with van der Waals surface area (Å²) in [6.45, 7) is 8.33. The minimum atomic E-state index is -0.128. The zero-order chi connectivity index (χ0) is 18.3. The van der Waals surface area contributed by atoms with E-state index in [2.05, 4.69) is 50.4 Å². The normalized spacial score (nSPS) is 11.4. The van der Waals surface area contributed by atoms with E-state index < -0.39 is 0 Å². The Morgan fingerprint density at radius 3 is 2.32 bits per heavy atom. The molecule has 0 spiro atoms. The van der Waals surface area contributed by atoms with Crippen molar-refractivity contribution >= 4 is 0 Å². The summed E-state index contributed by atoms with van der Waals surface area (Å²) in [5.41, 5.74) is 3.37. The number of ether oxygens (including phenoxy) is 3. The molecule has 0 aliphatic carbocycles. The number of methoxy groups -OCH3 is 2. The van der Waals surface area contributed by atoms with Gasteiger partial charge in [-0.3, -0.25) is 0 Å². The molecule has 4 nitrogen and oxygen atoms in total. The first kappa shape index (κ1) is 19.3. The lowest BCUT2D eigenvalue weighted by Crippen LogP contribution is -2.19. The van der Waals surface area contributed by atoms with Gasteiger partial charge in [-0.2, -0.15) is 0 Å². The molecule has 0 saturated heterocycles. The van der Waals surface area contributed by atoms with Crippen molar-refractivity contribution in [2.24, 2.45) is 0 Å². The summed E-state index contributed by atoms with van der Waals surface area (Å²) < 4.78 is 16.6. The van der Waals surface area contributed by atoms with Crippen molar-refractivity contribution in [3.8, 4) is 11.5 Å². The summed E-state index contributed by atoms with van der Waals surface area (Å²) in [7, 11) is 3.36. The molecule has 4 heteroatoms. The molecule has 2 aromatic rings. The maximum atomic E-state index is 5.85. The Bertz CT molecular complexity index is 677. The van der Waals surface area contributed by atoms with Gasteiger partial charge in [0.05, 0.1) is 26.4 Å². The third kappa shape index (κ3) is 6.40. The van der Waals surface area contributed by atoms with E-state index in [4.69, 9.17) is 14.2 Å². The van der Waals surface area contributed by atoms with E-state index in [0.717, 1.165) is 23.6 Å². The van der Waals surface area contributed by atoms with Crippen LogP contribution in [0.3, 0.4) is 0 Å². The molecule has 25 heavy (non-hydrogen) atoms. The molecule has 0 fully saturated rings. The molecule has 0 amide bonds. The number of hydrogen-bond donors (Lipinski definition) is 1. The third-order valence-electron chi connectivity index (χ3n) is 3.80. The molecule has 0 aromatic heterocycles. The van der Waals surface area contributed by atoms with Crippen LogP contribution in [0.2, 0.25) is 0 Å².